The summed E-state index contributed by atoms with van der Waals surface area (Å²) >= 11 is 6.16. The number of nitrogens with zero attached hydrogens (tertiary/aromatic N) is 6. The Kier molecular flexibility index (Phi) is 9.94. The quantitative estimate of drug-likeness (QED) is 0.332. The first-order valence-electron chi connectivity index (χ1n) is 17.8. The van der Waals surface area contributed by atoms with Crippen LogP contribution in [0.5, 0.6) is 0 Å². The van der Waals surface area contributed by atoms with E-state index in [1.807, 2.05) is 30.3 Å². The van der Waals surface area contributed by atoms with E-state index in [0.29, 0.717) is 63.0 Å². The average molecular weight is 729 g/mol. The van der Waals surface area contributed by atoms with Crippen LogP contribution in [0, 0.1) is 5.92 Å². The zero-order valence-corrected chi connectivity index (χ0v) is 29.4. The maximum atomic E-state index is 14.2. The lowest BCUT2D eigenvalue weighted by Gasteiger charge is -2.42. The molecule has 2 bridgehead atoms. The number of amides is 2. The molecule has 3 aromatic rings. The summed E-state index contributed by atoms with van der Waals surface area (Å²) in [6.45, 7) is 3.87. The van der Waals surface area contributed by atoms with Gasteiger partial charge in [0.2, 0.25) is 11.8 Å². The number of nitrogens with one attached hydrogen (secondary N) is 1. The fraction of sp³-hybridized carbons (Fsp3) is 0.556. The molecule has 11 nitrogen and oxygen atoms in total. The Morgan fingerprint density at radius 1 is 0.961 bits per heavy atom. The van der Waals surface area contributed by atoms with Gasteiger partial charge < -0.3 is 20.4 Å². The van der Waals surface area contributed by atoms with E-state index in [0.717, 1.165) is 37.6 Å². The molecule has 3 atom stereocenters. The highest BCUT2D eigenvalue weighted by molar-refractivity contribution is 6.33. The van der Waals surface area contributed by atoms with E-state index in [-0.39, 0.29) is 47.0 Å². The second kappa shape index (κ2) is 14.3. The summed E-state index contributed by atoms with van der Waals surface area (Å²) in [6.07, 6.45) is -1.18. The number of H-pyrrole nitrogens is 1. The third-order valence-corrected chi connectivity index (χ3v) is 11.7. The number of rotatable bonds is 8. The van der Waals surface area contributed by atoms with E-state index in [2.05, 4.69) is 26.9 Å². The normalized spacial score (nSPS) is 22.9. The maximum Gasteiger partial charge on any atom is 0.418 e. The largest absolute Gasteiger partial charge is 0.418 e. The predicted molar refractivity (Wildman–Crippen MR) is 187 cm³/mol. The second-order valence-electron chi connectivity index (χ2n) is 14.6. The zero-order valence-electron chi connectivity index (χ0n) is 28.6. The molecule has 4 saturated heterocycles. The van der Waals surface area contributed by atoms with Crippen LogP contribution in [0.1, 0.15) is 55.7 Å². The van der Waals surface area contributed by atoms with Crippen molar-refractivity contribution < 1.29 is 22.8 Å². The highest BCUT2D eigenvalue weighted by Crippen LogP contribution is 2.39. The Labute approximate surface area is 299 Å². The summed E-state index contributed by atoms with van der Waals surface area (Å²) in [7, 11) is 2.17. The molecule has 0 radical (unpaired) electrons. The number of nitrogens with two attached hydrogens (primary N) is 1. The van der Waals surface area contributed by atoms with Crippen molar-refractivity contribution in [3.63, 3.8) is 0 Å². The number of benzene rings is 2. The van der Waals surface area contributed by atoms with Gasteiger partial charge in [-0.05, 0) is 63.3 Å². The Morgan fingerprint density at radius 3 is 2.25 bits per heavy atom. The van der Waals surface area contributed by atoms with E-state index >= 15 is 0 Å². The van der Waals surface area contributed by atoms with Crippen molar-refractivity contribution >= 4 is 29.1 Å². The Morgan fingerprint density at radius 2 is 1.63 bits per heavy atom. The molecule has 5 heterocycles. The minimum absolute atomic E-state index is 0.0861. The Bertz CT molecular complexity index is 1800. The van der Waals surface area contributed by atoms with Crippen LogP contribution in [0.25, 0.3) is 11.4 Å². The summed E-state index contributed by atoms with van der Waals surface area (Å²) in [4.78, 5) is 52.0. The van der Waals surface area contributed by atoms with Crippen molar-refractivity contribution in [1.29, 1.82) is 0 Å². The van der Waals surface area contributed by atoms with Gasteiger partial charge in [0.1, 0.15) is 0 Å². The summed E-state index contributed by atoms with van der Waals surface area (Å²) in [5.41, 5.74) is 4.74. The highest BCUT2D eigenvalue weighted by atomic mass is 35.5. The highest BCUT2D eigenvalue weighted by Gasteiger charge is 2.45. The van der Waals surface area contributed by atoms with Gasteiger partial charge in [0.25, 0.3) is 0 Å². The molecule has 3 N–H and O–H groups in total. The van der Waals surface area contributed by atoms with Gasteiger partial charge in [-0.1, -0.05) is 41.9 Å². The smallest absolute Gasteiger partial charge is 0.397 e. The average Bonchev–Trinajstić information content (AvgIpc) is 3.83. The number of piperazine rings is 1. The summed E-state index contributed by atoms with van der Waals surface area (Å²) in [5, 5.41) is 4.28. The molecule has 4 aliphatic rings. The first-order chi connectivity index (χ1) is 24.4. The van der Waals surface area contributed by atoms with Crippen LogP contribution in [0.4, 0.5) is 18.9 Å². The van der Waals surface area contributed by atoms with Crippen LogP contribution in [0.3, 0.4) is 0 Å². The van der Waals surface area contributed by atoms with Gasteiger partial charge in [-0.25, -0.2) is 9.48 Å². The van der Waals surface area contributed by atoms with E-state index in [1.165, 1.54) is 17.2 Å². The molecule has 4 aliphatic heterocycles. The van der Waals surface area contributed by atoms with Gasteiger partial charge in [0, 0.05) is 69.4 Å². The predicted octanol–water partition coefficient (Wildman–Crippen LogP) is 4.28. The fourth-order valence-corrected chi connectivity index (χ4v) is 8.83. The molecule has 274 valence electrons. The molecule has 0 spiro atoms. The van der Waals surface area contributed by atoms with Crippen molar-refractivity contribution in [1.82, 2.24) is 34.4 Å². The number of likely N-dealkylation sites (N-methyl/N-ethyl adjacent to an activating group) is 1. The van der Waals surface area contributed by atoms with Crippen LogP contribution < -0.4 is 11.4 Å². The minimum Gasteiger partial charge on any atom is -0.397 e. The lowest BCUT2D eigenvalue weighted by molar-refractivity contribution is -0.143. The maximum absolute atomic E-state index is 14.2. The first-order valence-corrected chi connectivity index (χ1v) is 18.2. The number of hydrogen-bond acceptors (Lipinski definition) is 7. The van der Waals surface area contributed by atoms with Crippen molar-refractivity contribution in [2.24, 2.45) is 5.92 Å². The van der Waals surface area contributed by atoms with Gasteiger partial charge in [-0.3, -0.25) is 19.5 Å². The molecular weight excluding hydrogens is 685 g/mol. The van der Waals surface area contributed by atoms with E-state index in [4.69, 9.17) is 17.3 Å². The van der Waals surface area contributed by atoms with Gasteiger partial charge in [0.15, 0.2) is 5.82 Å². The summed E-state index contributed by atoms with van der Waals surface area (Å²) < 4.78 is 43.0. The van der Waals surface area contributed by atoms with Gasteiger partial charge in [-0.15, -0.1) is 5.10 Å². The molecule has 51 heavy (non-hydrogen) atoms. The number of carbonyl (C=O) groups excluding carboxylic acids is 2. The summed E-state index contributed by atoms with van der Waals surface area (Å²) in [6, 6.07) is 12.9. The fourth-order valence-electron chi connectivity index (χ4n) is 8.59. The van der Waals surface area contributed by atoms with E-state index in [1.54, 1.807) is 9.80 Å². The topological polar surface area (TPSA) is 124 Å². The molecule has 7 rings (SSSR count). The van der Waals surface area contributed by atoms with E-state index in [9.17, 15) is 27.6 Å². The monoisotopic (exact) mass is 728 g/mol. The van der Waals surface area contributed by atoms with Crippen LogP contribution in [0.2, 0.25) is 5.02 Å². The van der Waals surface area contributed by atoms with Gasteiger partial charge in [0.05, 0.1) is 28.2 Å². The van der Waals surface area contributed by atoms with Gasteiger partial charge in [-0.2, -0.15) is 13.2 Å². The number of likely N-dealkylation sites (tertiary alicyclic amines) is 4. The second-order valence-corrected chi connectivity index (χ2v) is 15.0. The molecule has 0 aliphatic carbocycles. The number of halogens is 4. The third-order valence-electron chi connectivity index (χ3n) is 11.4. The van der Waals surface area contributed by atoms with Crippen molar-refractivity contribution in [2.45, 2.75) is 75.3 Å². The lowest BCUT2D eigenvalue weighted by Crippen LogP contribution is -2.54. The standard InChI is InChI=1S/C36H44ClF3N8O3/c1-44-20-28-19-27(44)21-47(28)25-7-13-46(14-8-25)34(50)24(15-22-16-29(36(38,39)40)32(41)30(37)17-22)18-31(49)45-11-9-26(10-12-45)48-35(51)42-33(43-48)23-5-3-2-4-6-23/h2-6,16-17,24-28H,7-15,18-21,41H2,1H3,(H,42,43,51)/t24-,27?,28?/m0/s1. The zero-order chi connectivity index (χ0) is 36.0. The van der Waals surface area contributed by atoms with Crippen LogP contribution >= 0.6 is 11.6 Å². The SMILES string of the molecule is CN1CC2CC1CN2C1CCN(C(=O)[C@H](CC(=O)N2CCC(n3nc(-c4ccccc4)[nH]c3=O)CC2)Cc2cc(Cl)c(N)c(C(F)(F)F)c2)CC1. The Hall–Kier alpha value is -3.88. The summed E-state index contributed by atoms with van der Waals surface area (Å²) in [5.74, 6) is -0.902. The molecule has 4 fully saturated rings. The van der Waals surface area contributed by atoms with Crippen LogP contribution in [-0.2, 0) is 22.2 Å². The number of hydrogen-bond donors (Lipinski definition) is 2. The molecule has 2 unspecified atom stereocenters. The molecule has 0 saturated carbocycles. The number of alkyl halides is 3. The number of fused-ring (bicyclic) bond motifs is 2. The van der Waals surface area contributed by atoms with Crippen LogP contribution in [-0.4, -0.2) is 111 Å². The molecule has 1 aromatic heterocycles. The van der Waals surface area contributed by atoms with Crippen LogP contribution in [0.15, 0.2) is 47.3 Å². The molecule has 2 amide bonds. The van der Waals surface area contributed by atoms with E-state index < -0.39 is 23.3 Å². The third kappa shape index (κ3) is 7.40. The molecule has 15 heteroatoms. The Balaban J connectivity index is 1.03. The number of anilines is 1. The number of aromatic amines is 1. The van der Waals surface area contributed by atoms with Crippen molar-refractivity contribution in [3.05, 3.63) is 69.1 Å². The first kappa shape index (κ1) is 35.5. The number of nitrogen functional groups attached to an aromatic ring is 1. The number of aromatic nitrogens is 3. The van der Waals surface area contributed by atoms with Gasteiger partial charge >= 0.3 is 11.9 Å². The number of piperidine rings is 2. The number of carbonyl (C=O) groups is 2. The lowest BCUT2D eigenvalue weighted by atomic mass is 9.91. The van der Waals surface area contributed by atoms with Crippen molar-refractivity contribution in [3.8, 4) is 11.4 Å². The molecule has 2 aromatic carbocycles. The van der Waals surface area contributed by atoms with Crippen molar-refractivity contribution in [2.75, 3.05) is 52.0 Å². The minimum atomic E-state index is -4.73. The molecular formula is C36H44ClF3N8O3.